The number of nitrogens with two attached hydrogens (primary N) is 1. The third-order valence-corrected chi connectivity index (χ3v) is 6.66. The number of ether oxygens (including phenoxy) is 3. The van der Waals surface area contributed by atoms with Gasteiger partial charge in [0, 0.05) is 28.0 Å². The number of nitrogens with zero attached hydrogens (tertiary/aromatic N) is 1. The third kappa shape index (κ3) is 4.25. The molecule has 2 heterocycles. The molecule has 7 heteroatoms. The van der Waals surface area contributed by atoms with Crippen LogP contribution in [-0.4, -0.2) is 29.9 Å². The van der Waals surface area contributed by atoms with Crippen LogP contribution in [0, 0.1) is 5.41 Å². The van der Waals surface area contributed by atoms with Gasteiger partial charge in [-0.25, -0.2) is 4.99 Å². The van der Waals surface area contributed by atoms with Crippen molar-refractivity contribution in [2.24, 2.45) is 16.1 Å². The SMILES string of the molecule is CC(=O)C1=CC=C(c2ccc3c(c2)[C@@]2(COC(N)=N2)c2cc(OCC(C)(C)C)ccc2O3)CC1=S. The predicted molar refractivity (Wildman–Crippen MR) is 140 cm³/mol. The van der Waals surface area contributed by atoms with Gasteiger partial charge in [-0.1, -0.05) is 45.1 Å². The fourth-order valence-electron chi connectivity index (χ4n) is 4.54. The molecule has 0 bridgehead atoms. The Hall–Kier alpha value is -3.45. The Kier molecular flexibility index (Phi) is 5.55. The van der Waals surface area contributed by atoms with Crippen molar-refractivity contribution in [3.63, 3.8) is 0 Å². The molecule has 2 aromatic carbocycles. The van der Waals surface area contributed by atoms with Gasteiger partial charge in [-0.2, -0.15) is 0 Å². The number of carbonyl (C=O) groups excluding carboxylic acids is 1. The molecule has 180 valence electrons. The lowest BCUT2D eigenvalue weighted by Gasteiger charge is -2.34. The van der Waals surface area contributed by atoms with Crippen molar-refractivity contribution in [2.75, 3.05) is 13.2 Å². The first-order valence-electron chi connectivity index (χ1n) is 11.6. The van der Waals surface area contributed by atoms with Gasteiger partial charge in [0.1, 0.15) is 23.9 Å². The molecule has 0 fully saturated rings. The normalized spacial score (nSPS) is 20.7. The Labute approximate surface area is 210 Å². The quantitative estimate of drug-likeness (QED) is 0.574. The summed E-state index contributed by atoms with van der Waals surface area (Å²) in [5.41, 5.74) is 9.54. The topological polar surface area (TPSA) is 83.1 Å². The number of carbonyl (C=O) groups is 1. The minimum Gasteiger partial charge on any atom is -0.493 e. The minimum atomic E-state index is -0.847. The number of fused-ring (bicyclic) bond motifs is 4. The summed E-state index contributed by atoms with van der Waals surface area (Å²) in [4.78, 5) is 17.3. The van der Waals surface area contributed by atoms with E-state index >= 15 is 0 Å². The van der Waals surface area contributed by atoms with E-state index in [1.807, 2.05) is 36.4 Å². The summed E-state index contributed by atoms with van der Waals surface area (Å²) in [6.07, 6.45) is 4.29. The summed E-state index contributed by atoms with van der Waals surface area (Å²) < 4.78 is 18.1. The van der Waals surface area contributed by atoms with Crippen molar-refractivity contribution < 1.29 is 19.0 Å². The van der Waals surface area contributed by atoms with Crippen molar-refractivity contribution in [1.82, 2.24) is 0 Å². The number of amidine groups is 1. The van der Waals surface area contributed by atoms with Crippen molar-refractivity contribution in [1.29, 1.82) is 0 Å². The average molecular weight is 489 g/mol. The highest BCUT2D eigenvalue weighted by atomic mass is 32.1. The van der Waals surface area contributed by atoms with Gasteiger partial charge in [-0.15, -0.1) is 0 Å². The molecule has 0 saturated carbocycles. The highest BCUT2D eigenvalue weighted by molar-refractivity contribution is 7.81. The van der Waals surface area contributed by atoms with Crippen molar-refractivity contribution in [3.8, 4) is 17.2 Å². The fraction of sp³-hybridized carbons (Fsp3) is 0.321. The molecule has 5 rings (SSSR count). The molecule has 35 heavy (non-hydrogen) atoms. The first-order chi connectivity index (χ1) is 16.6. The number of ketones is 1. The molecule has 3 aliphatic rings. The minimum absolute atomic E-state index is 0.0166. The summed E-state index contributed by atoms with van der Waals surface area (Å²) in [5, 5.41) is 0. The molecular weight excluding hydrogens is 460 g/mol. The average Bonchev–Trinajstić information content (AvgIpc) is 3.19. The van der Waals surface area contributed by atoms with Crippen LogP contribution in [0.2, 0.25) is 0 Å². The molecule has 0 amide bonds. The van der Waals surface area contributed by atoms with Gasteiger partial charge in [0.05, 0.1) is 6.61 Å². The number of aliphatic imine (C=N–C) groups is 1. The standard InChI is InChI=1S/C28H28N2O4S/c1-16(31)20-8-5-18(12-25(20)35)17-6-9-23-21(11-17)28(15-33-26(29)30-28)22-13-19(7-10-24(22)34-23)32-14-27(2,3)4/h5-11,13H,12,14-15H2,1-4H3,(H2,29,30)/t28-/m0/s1. The largest absolute Gasteiger partial charge is 0.493 e. The molecule has 2 N–H and O–H groups in total. The Bertz CT molecular complexity index is 1350. The van der Waals surface area contributed by atoms with Crippen LogP contribution in [0.25, 0.3) is 5.57 Å². The molecule has 6 nitrogen and oxygen atoms in total. The van der Waals surface area contributed by atoms with Crippen LogP contribution in [0.4, 0.5) is 0 Å². The number of benzene rings is 2. The maximum absolute atomic E-state index is 11.8. The Morgan fingerprint density at radius 1 is 1.14 bits per heavy atom. The Morgan fingerprint density at radius 2 is 1.86 bits per heavy atom. The van der Waals surface area contributed by atoms with E-state index in [4.69, 9.17) is 37.2 Å². The van der Waals surface area contributed by atoms with Crippen molar-refractivity contribution >= 4 is 34.5 Å². The number of hydrogen-bond acceptors (Lipinski definition) is 7. The van der Waals surface area contributed by atoms with Gasteiger partial charge in [-0.05, 0) is 59.9 Å². The summed E-state index contributed by atoms with van der Waals surface area (Å²) in [7, 11) is 0. The predicted octanol–water partition coefficient (Wildman–Crippen LogP) is 5.48. The summed E-state index contributed by atoms with van der Waals surface area (Å²) in [6.45, 7) is 8.76. The summed E-state index contributed by atoms with van der Waals surface area (Å²) >= 11 is 5.51. The van der Waals surface area contributed by atoms with Gasteiger partial charge in [0.2, 0.25) is 0 Å². The van der Waals surface area contributed by atoms with E-state index < -0.39 is 5.54 Å². The number of rotatable bonds is 4. The Morgan fingerprint density at radius 3 is 2.49 bits per heavy atom. The van der Waals surface area contributed by atoms with Crippen molar-refractivity contribution in [2.45, 2.75) is 39.7 Å². The van der Waals surface area contributed by atoms with E-state index in [1.165, 1.54) is 6.92 Å². The van der Waals surface area contributed by atoms with Crippen LogP contribution < -0.4 is 15.2 Å². The van der Waals surface area contributed by atoms with Gasteiger partial charge in [-0.3, -0.25) is 4.79 Å². The summed E-state index contributed by atoms with van der Waals surface area (Å²) in [6, 6.07) is 11.9. The van der Waals surface area contributed by atoms with E-state index in [2.05, 4.69) is 26.8 Å². The second-order valence-electron chi connectivity index (χ2n) is 10.3. The van der Waals surface area contributed by atoms with Gasteiger partial charge in [0.25, 0.3) is 6.02 Å². The number of thiocarbonyl (C=S) groups is 1. The number of hydrogen-bond donors (Lipinski definition) is 1. The van der Waals surface area contributed by atoms with E-state index in [9.17, 15) is 4.79 Å². The van der Waals surface area contributed by atoms with Gasteiger partial charge < -0.3 is 19.9 Å². The van der Waals surface area contributed by atoms with Crippen LogP contribution >= 0.6 is 12.2 Å². The number of allylic oxidation sites excluding steroid dienone is 4. The van der Waals surface area contributed by atoms with Crippen molar-refractivity contribution in [3.05, 3.63) is 70.8 Å². The van der Waals surface area contributed by atoms with E-state index in [-0.39, 0.29) is 23.8 Å². The molecule has 2 aromatic rings. The molecule has 2 aliphatic heterocycles. The number of Topliss-reactive ketones (excluding diaryl/α,β-unsaturated/α-hetero) is 1. The lowest BCUT2D eigenvalue weighted by atomic mass is 9.79. The second kappa shape index (κ2) is 8.34. The maximum atomic E-state index is 11.8. The van der Waals surface area contributed by atoms with E-state index in [0.717, 1.165) is 28.0 Å². The van der Waals surface area contributed by atoms with E-state index in [0.29, 0.717) is 35.0 Å². The molecule has 1 aliphatic carbocycles. The molecule has 0 aromatic heterocycles. The zero-order valence-corrected chi connectivity index (χ0v) is 21.1. The smallest absolute Gasteiger partial charge is 0.283 e. The fourth-order valence-corrected chi connectivity index (χ4v) is 4.91. The summed E-state index contributed by atoms with van der Waals surface area (Å²) in [5.74, 6) is 2.12. The molecule has 1 spiro atoms. The lowest BCUT2D eigenvalue weighted by Crippen LogP contribution is -2.31. The van der Waals surface area contributed by atoms with Crippen LogP contribution in [-0.2, 0) is 15.1 Å². The highest BCUT2D eigenvalue weighted by Crippen LogP contribution is 2.52. The first kappa shape index (κ1) is 23.3. The molecular formula is C28H28N2O4S. The van der Waals surface area contributed by atoms with Gasteiger partial charge in [0.15, 0.2) is 11.3 Å². The molecule has 0 radical (unpaired) electrons. The van der Waals surface area contributed by atoms with Crippen LogP contribution in [0.15, 0.2) is 59.1 Å². The maximum Gasteiger partial charge on any atom is 0.283 e. The highest BCUT2D eigenvalue weighted by Gasteiger charge is 2.47. The molecule has 0 unspecified atom stereocenters. The molecule has 1 atom stereocenters. The van der Waals surface area contributed by atoms with Gasteiger partial charge >= 0.3 is 0 Å². The van der Waals surface area contributed by atoms with Crippen LogP contribution in [0.3, 0.4) is 0 Å². The second-order valence-corrected chi connectivity index (χ2v) is 10.8. The Balaban J connectivity index is 1.59. The monoisotopic (exact) mass is 488 g/mol. The lowest BCUT2D eigenvalue weighted by molar-refractivity contribution is -0.113. The zero-order chi connectivity index (χ0) is 25.0. The van der Waals surface area contributed by atoms with Crippen LogP contribution in [0.5, 0.6) is 17.2 Å². The van der Waals surface area contributed by atoms with Crippen LogP contribution in [0.1, 0.15) is 50.8 Å². The third-order valence-electron chi connectivity index (χ3n) is 6.30. The zero-order valence-electron chi connectivity index (χ0n) is 20.3. The first-order valence-corrected chi connectivity index (χ1v) is 12.0. The van der Waals surface area contributed by atoms with E-state index in [1.54, 1.807) is 6.08 Å². The molecule has 0 saturated heterocycles.